The first-order valence-electron chi connectivity index (χ1n) is 8.08. The second kappa shape index (κ2) is 5.77. The maximum atomic E-state index is 11.9. The van der Waals surface area contributed by atoms with E-state index in [-0.39, 0.29) is 18.0 Å². The van der Waals surface area contributed by atoms with E-state index < -0.39 is 5.97 Å². The molecule has 0 saturated heterocycles. The Bertz CT molecular complexity index is 987. The first-order valence-corrected chi connectivity index (χ1v) is 8.08. The van der Waals surface area contributed by atoms with Crippen molar-refractivity contribution in [2.24, 2.45) is 0 Å². The highest BCUT2D eigenvalue weighted by atomic mass is 16.4. The summed E-state index contributed by atoms with van der Waals surface area (Å²) in [4.78, 5) is 31.7. The van der Waals surface area contributed by atoms with Gasteiger partial charge in [0, 0.05) is 36.2 Å². The zero-order valence-electron chi connectivity index (χ0n) is 13.6. The molecule has 7 heteroatoms. The van der Waals surface area contributed by atoms with Gasteiger partial charge in [0.2, 0.25) is 0 Å². The molecular weight excluding hydrogens is 320 g/mol. The lowest BCUT2D eigenvalue weighted by molar-refractivity contribution is -0.137. The SMILES string of the molecule is CC(=O)c1nn(CC(=O)O)c2ccc(-c3cnc(C4CC4)nc3)cc12. The fourth-order valence-electron chi connectivity index (χ4n) is 2.91. The standard InChI is InChI=1S/C18H16N4O3/c1-10(23)17-14-6-12(4-5-15(14)22(21-17)9-16(24)25)13-7-19-18(20-8-13)11-2-3-11/h4-8,11H,2-3,9H2,1H3,(H,24,25). The van der Waals surface area contributed by atoms with Gasteiger partial charge in [0.1, 0.15) is 18.1 Å². The highest BCUT2D eigenvalue weighted by molar-refractivity contribution is 6.06. The molecule has 0 radical (unpaired) electrons. The van der Waals surface area contributed by atoms with Crippen LogP contribution in [0.4, 0.5) is 0 Å². The lowest BCUT2D eigenvalue weighted by atomic mass is 10.0. The smallest absolute Gasteiger partial charge is 0.325 e. The maximum absolute atomic E-state index is 11.9. The summed E-state index contributed by atoms with van der Waals surface area (Å²) in [7, 11) is 0. The number of carboxylic acids is 1. The van der Waals surface area contributed by atoms with E-state index in [9.17, 15) is 9.59 Å². The molecule has 7 nitrogen and oxygen atoms in total. The van der Waals surface area contributed by atoms with Gasteiger partial charge in [-0.05, 0) is 30.5 Å². The van der Waals surface area contributed by atoms with Crippen LogP contribution in [-0.2, 0) is 11.3 Å². The van der Waals surface area contributed by atoms with Gasteiger partial charge in [-0.1, -0.05) is 6.07 Å². The van der Waals surface area contributed by atoms with Crippen LogP contribution in [0.2, 0.25) is 0 Å². The summed E-state index contributed by atoms with van der Waals surface area (Å²) < 4.78 is 1.34. The number of aliphatic carboxylic acids is 1. The third-order valence-corrected chi connectivity index (χ3v) is 4.32. The van der Waals surface area contributed by atoms with Crippen LogP contribution in [0, 0.1) is 0 Å². The van der Waals surface area contributed by atoms with Crippen LogP contribution in [0.3, 0.4) is 0 Å². The number of aromatic nitrogens is 4. The van der Waals surface area contributed by atoms with Gasteiger partial charge in [0.25, 0.3) is 0 Å². The maximum Gasteiger partial charge on any atom is 0.325 e. The van der Waals surface area contributed by atoms with Gasteiger partial charge in [-0.25, -0.2) is 9.97 Å². The van der Waals surface area contributed by atoms with Crippen molar-refractivity contribution in [2.45, 2.75) is 32.2 Å². The number of carboxylic acid groups (broad SMARTS) is 1. The largest absolute Gasteiger partial charge is 0.480 e. The Morgan fingerprint density at radius 3 is 2.52 bits per heavy atom. The van der Waals surface area contributed by atoms with Crippen molar-refractivity contribution in [3.05, 3.63) is 42.1 Å². The Morgan fingerprint density at radius 1 is 1.20 bits per heavy atom. The number of hydrogen-bond acceptors (Lipinski definition) is 5. The number of hydrogen-bond donors (Lipinski definition) is 1. The molecule has 0 bridgehead atoms. The molecule has 0 spiro atoms. The number of carbonyl (C=O) groups excluding carboxylic acids is 1. The van der Waals surface area contributed by atoms with Gasteiger partial charge in [-0.2, -0.15) is 5.10 Å². The molecule has 1 aliphatic carbocycles. The van der Waals surface area contributed by atoms with Crippen molar-refractivity contribution in [3.8, 4) is 11.1 Å². The third-order valence-electron chi connectivity index (χ3n) is 4.32. The highest BCUT2D eigenvalue weighted by Crippen LogP contribution is 2.38. The summed E-state index contributed by atoms with van der Waals surface area (Å²) in [6.07, 6.45) is 5.87. The lowest BCUT2D eigenvalue weighted by Gasteiger charge is -2.04. The van der Waals surface area contributed by atoms with E-state index in [0.717, 1.165) is 29.8 Å². The van der Waals surface area contributed by atoms with Crippen LogP contribution in [0.25, 0.3) is 22.0 Å². The van der Waals surface area contributed by atoms with Crippen LogP contribution in [0.5, 0.6) is 0 Å². The number of rotatable bonds is 5. The first-order chi connectivity index (χ1) is 12.0. The number of Topliss-reactive ketones (excluding diaryl/α,β-unsaturated/α-hetero) is 1. The molecule has 3 aromatic rings. The van der Waals surface area contributed by atoms with Crippen LogP contribution in [0.15, 0.2) is 30.6 Å². The summed E-state index contributed by atoms with van der Waals surface area (Å²) in [5.74, 6) is 0.165. The third kappa shape index (κ3) is 2.88. The zero-order chi connectivity index (χ0) is 17.6. The van der Waals surface area contributed by atoms with E-state index in [1.165, 1.54) is 11.6 Å². The molecule has 0 atom stereocenters. The van der Waals surface area contributed by atoms with Crippen molar-refractivity contribution < 1.29 is 14.7 Å². The first kappa shape index (κ1) is 15.4. The van der Waals surface area contributed by atoms with Crippen molar-refractivity contribution >= 4 is 22.7 Å². The minimum Gasteiger partial charge on any atom is -0.480 e. The predicted molar refractivity (Wildman–Crippen MR) is 90.4 cm³/mol. The van der Waals surface area contributed by atoms with Crippen LogP contribution < -0.4 is 0 Å². The van der Waals surface area contributed by atoms with Gasteiger partial charge >= 0.3 is 5.97 Å². The molecule has 126 valence electrons. The topological polar surface area (TPSA) is 98.0 Å². The van der Waals surface area contributed by atoms with Crippen LogP contribution >= 0.6 is 0 Å². The normalized spacial score (nSPS) is 14.0. The van der Waals surface area contributed by atoms with Gasteiger partial charge in [-0.15, -0.1) is 0 Å². The fraction of sp³-hybridized carbons (Fsp3) is 0.278. The number of fused-ring (bicyclic) bond motifs is 1. The number of carbonyl (C=O) groups is 2. The molecule has 4 rings (SSSR count). The summed E-state index contributed by atoms with van der Waals surface area (Å²) in [6.45, 7) is 1.13. The van der Waals surface area contributed by atoms with Gasteiger partial charge in [0.05, 0.1) is 5.52 Å². The van der Waals surface area contributed by atoms with Crippen molar-refractivity contribution in [1.29, 1.82) is 0 Å². The van der Waals surface area contributed by atoms with Gasteiger partial charge < -0.3 is 5.11 Å². The summed E-state index contributed by atoms with van der Waals surface area (Å²) in [5.41, 5.74) is 2.61. The van der Waals surface area contributed by atoms with E-state index in [1.54, 1.807) is 18.5 Å². The van der Waals surface area contributed by atoms with Gasteiger partial charge in [0.15, 0.2) is 5.78 Å². The molecule has 0 unspecified atom stereocenters. The average molecular weight is 336 g/mol. The Balaban J connectivity index is 1.79. The lowest BCUT2D eigenvalue weighted by Crippen LogP contribution is -2.10. The van der Waals surface area contributed by atoms with E-state index in [0.29, 0.717) is 16.8 Å². The number of ketones is 1. The van der Waals surface area contributed by atoms with Crippen molar-refractivity contribution in [3.63, 3.8) is 0 Å². The Hall–Kier alpha value is -3.09. The summed E-state index contributed by atoms with van der Waals surface area (Å²) in [6, 6.07) is 5.48. The molecule has 1 N–H and O–H groups in total. The Morgan fingerprint density at radius 2 is 1.92 bits per heavy atom. The van der Waals surface area contributed by atoms with Gasteiger partial charge in [-0.3, -0.25) is 14.3 Å². The molecule has 0 aliphatic heterocycles. The molecule has 1 saturated carbocycles. The molecular formula is C18H16N4O3. The monoisotopic (exact) mass is 336 g/mol. The summed E-state index contributed by atoms with van der Waals surface area (Å²) >= 11 is 0. The fourth-order valence-corrected chi connectivity index (χ4v) is 2.91. The quantitative estimate of drug-likeness (QED) is 0.719. The predicted octanol–water partition coefficient (Wildman–Crippen LogP) is 2.66. The van der Waals surface area contributed by atoms with Crippen LogP contribution in [-0.4, -0.2) is 36.6 Å². The van der Waals surface area contributed by atoms with E-state index in [1.807, 2.05) is 12.1 Å². The second-order valence-corrected chi connectivity index (χ2v) is 6.29. The Labute approximate surface area is 143 Å². The molecule has 25 heavy (non-hydrogen) atoms. The van der Waals surface area contributed by atoms with Crippen molar-refractivity contribution in [2.75, 3.05) is 0 Å². The number of nitrogens with zero attached hydrogens (tertiary/aromatic N) is 4. The minimum atomic E-state index is -1.01. The molecule has 1 aromatic carbocycles. The minimum absolute atomic E-state index is 0.202. The molecule has 0 amide bonds. The zero-order valence-corrected chi connectivity index (χ0v) is 13.6. The molecule has 2 aromatic heterocycles. The molecule has 1 aliphatic rings. The van der Waals surface area contributed by atoms with Crippen molar-refractivity contribution in [1.82, 2.24) is 19.7 Å². The number of benzene rings is 1. The molecule has 2 heterocycles. The second-order valence-electron chi connectivity index (χ2n) is 6.29. The van der Waals surface area contributed by atoms with E-state index in [2.05, 4.69) is 15.1 Å². The highest BCUT2D eigenvalue weighted by Gasteiger charge is 2.26. The summed E-state index contributed by atoms with van der Waals surface area (Å²) in [5, 5.41) is 13.8. The van der Waals surface area contributed by atoms with Crippen LogP contribution in [0.1, 0.15) is 42.0 Å². The van der Waals surface area contributed by atoms with E-state index in [4.69, 9.17) is 5.11 Å². The Kier molecular flexibility index (Phi) is 3.56. The molecule has 1 fully saturated rings. The van der Waals surface area contributed by atoms with E-state index >= 15 is 0 Å². The average Bonchev–Trinajstić information content (AvgIpc) is 3.37.